The van der Waals surface area contributed by atoms with E-state index in [0.717, 1.165) is 5.56 Å². The van der Waals surface area contributed by atoms with Crippen LogP contribution in [0.15, 0.2) is 18.2 Å². The van der Waals surface area contributed by atoms with Crippen molar-refractivity contribution in [2.45, 2.75) is 6.92 Å². The number of halogens is 1. The van der Waals surface area contributed by atoms with E-state index in [1.165, 1.54) is 6.07 Å². The Morgan fingerprint density at radius 1 is 1.47 bits per heavy atom. The highest BCUT2D eigenvalue weighted by molar-refractivity contribution is 5.82. The predicted octanol–water partition coefficient (Wildman–Crippen LogP) is 1.07. The first-order chi connectivity index (χ1) is 7.16. The van der Waals surface area contributed by atoms with Gasteiger partial charge in [-0.2, -0.15) is 0 Å². The van der Waals surface area contributed by atoms with Gasteiger partial charge in [-0.3, -0.25) is 4.79 Å². The summed E-state index contributed by atoms with van der Waals surface area (Å²) in [6, 6.07) is 5.07. The van der Waals surface area contributed by atoms with E-state index < -0.39 is 0 Å². The molecule has 0 aliphatic carbocycles. The first-order valence-corrected chi connectivity index (χ1v) is 4.94. The lowest BCUT2D eigenvalue weighted by atomic mass is 10.2. The van der Waals surface area contributed by atoms with Crippen LogP contribution in [0, 0.1) is 12.7 Å². The summed E-state index contributed by atoms with van der Waals surface area (Å²) >= 11 is 0. The van der Waals surface area contributed by atoms with Crippen LogP contribution in [0.5, 0.6) is 0 Å². The van der Waals surface area contributed by atoms with Crippen LogP contribution in [-0.2, 0) is 4.79 Å². The summed E-state index contributed by atoms with van der Waals surface area (Å²) < 4.78 is 13.6. The predicted molar refractivity (Wildman–Crippen MR) is 56.4 cm³/mol. The Kier molecular flexibility index (Phi) is 2.58. The molecule has 0 unspecified atom stereocenters. The van der Waals surface area contributed by atoms with Gasteiger partial charge in [0.05, 0.1) is 12.2 Å². The summed E-state index contributed by atoms with van der Waals surface area (Å²) in [7, 11) is 0. The zero-order valence-electron chi connectivity index (χ0n) is 8.59. The molecule has 0 aromatic heterocycles. The Hall–Kier alpha value is -1.58. The number of nitrogens with zero attached hydrogens (tertiary/aromatic N) is 1. The molecule has 15 heavy (non-hydrogen) atoms. The van der Waals surface area contributed by atoms with Crippen LogP contribution in [0.4, 0.5) is 10.1 Å². The number of hydrogen-bond donors (Lipinski definition) is 1. The molecule has 0 spiro atoms. The van der Waals surface area contributed by atoms with Crippen LogP contribution in [-0.4, -0.2) is 25.5 Å². The molecule has 0 bridgehead atoms. The largest absolute Gasteiger partial charge is 0.358 e. The Labute approximate surface area is 87.9 Å². The van der Waals surface area contributed by atoms with E-state index in [9.17, 15) is 9.18 Å². The maximum absolute atomic E-state index is 13.6. The average molecular weight is 208 g/mol. The third-order valence-corrected chi connectivity index (χ3v) is 2.48. The maximum Gasteiger partial charge on any atom is 0.239 e. The van der Waals surface area contributed by atoms with Crippen molar-refractivity contribution < 1.29 is 9.18 Å². The van der Waals surface area contributed by atoms with E-state index in [4.69, 9.17) is 0 Å². The number of carbonyl (C=O) groups excluding carboxylic acids is 1. The van der Waals surface area contributed by atoms with Crippen molar-refractivity contribution in [3.63, 3.8) is 0 Å². The van der Waals surface area contributed by atoms with Crippen LogP contribution >= 0.6 is 0 Å². The van der Waals surface area contributed by atoms with E-state index in [1.807, 2.05) is 13.0 Å². The zero-order valence-corrected chi connectivity index (χ0v) is 8.59. The topological polar surface area (TPSA) is 32.3 Å². The van der Waals surface area contributed by atoms with Gasteiger partial charge < -0.3 is 10.2 Å². The van der Waals surface area contributed by atoms with Gasteiger partial charge in [-0.25, -0.2) is 4.39 Å². The second-order valence-electron chi connectivity index (χ2n) is 3.73. The molecule has 0 atom stereocenters. The van der Waals surface area contributed by atoms with Gasteiger partial charge >= 0.3 is 0 Å². The summed E-state index contributed by atoms with van der Waals surface area (Å²) in [5, 5.41) is 2.71. The van der Waals surface area contributed by atoms with Gasteiger partial charge in [-0.15, -0.1) is 0 Å². The van der Waals surface area contributed by atoms with Crippen LogP contribution in [0.2, 0.25) is 0 Å². The van der Waals surface area contributed by atoms with Gasteiger partial charge in [-0.1, -0.05) is 6.07 Å². The lowest BCUT2D eigenvalue weighted by Crippen LogP contribution is -2.48. The molecule has 1 aromatic rings. The minimum atomic E-state index is -0.260. The van der Waals surface area contributed by atoms with Crippen LogP contribution in [0.1, 0.15) is 5.56 Å². The van der Waals surface area contributed by atoms with Gasteiger partial charge in [-0.05, 0) is 24.6 Å². The smallest absolute Gasteiger partial charge is 0.239 e. The normalized spacial score (nSPS) is 16.4. The van der Waals surface area contributed by atoms with Gasteiger partial charge in [0, 0.05) is 13.1 Å². The molecule has 4 heteroatoms. The van der Waals surface area contributed by atoms with Crippen molar-refractivity contribution >= 4 is 11.6 Å². The molecule has 1 heterocycles. The van der Waals surface area contributed by atoms with Gasteiger partial charge in [0.2, 0.25) is 5.91 Å². The molecule has 0 radical (unpaired) electrons. The van der Waals surface area contributed by atoms with E-state index in [1.54, 1.807) is 11.0 Å². The second-order valence-corrected chi connectivity index (χ2v) is 3.73. The number of nitrogens with one attached hydrogen (secondary N) is 1. The van der Waals surface area contributed by atoms with Crippen molar-refractivity contribution in [2.24, 2.45) is 0 Å². The first-order valence-electron chi connectivity index (χ1n) is 4.94. The van der Waals surface area contributed by atoms with Crippen LogP contribution < -0.4 is 10.2 Å². The number of carbonyl (C=O) groups is 1. The van der Waals surface area contributed by atoms with Gasteiger partial charge in [0.25, 0.3) is 0 Å². The van der Waals surface area contributed by atoms with E-state index in [0.29, 0.717) is 18.8 Å². The van der Waals surface area contributed by atoms with Crippen molar-refractivity contribution in [1.82, 2.24) is 5.32 Å². The number of piperazine rings is 1. The van der Waals surface area contributed by atoms with Crippen LogP contribution in [0.3, 0.4) is 0 Å². The summed E-state index contributed by atoms with van der Waals surface area (Å²) in [5.41, 5.74) is 1.40. The fourth-order valence-electron chi connectivity index (χ4n) is 1.71. The number of anilines is 1. The fourth-order valence-corrected chi connectivity index (χ4v) is 1.71. The Morgan fingerprint density at radius 3 is 2.93 bits per heavy atom. The average Bonchev–Trinajstić information content (AvgIpc) is 2.17. The minimum absolute atomic E-state index is 0.0544. The Bertz CT molecular complexity index is 392. The highest BCUT2D eigenvalue weighted by Crippen LogP contribution is 2.20. The fraction of sp³-hybridized carbons (Fsp3) is 0.364. The zero-order chi connectivity index (χ0) is 10.8. The maximum atomic E-state index is 13.6. The molecule has 3 nitrogen and oxygen atoms in total. The van der Waals surface area contributed by atoms with E-state index in [2.05, 4.69) is 5.32 Å². The molecule has 80 valence electrons. The summed E-state index contributed by atoms with van der Waals surface area (Å²) in [5.74, 6) is -0.314. The molecule has 0 saturated carbocycles. The molecule has 2 rings (SSSR count). The summed E-state index contributed by atoms with van der Waals surface area (Å²) in [4.78, 5) is 12.9. The highest BCUT2D eigenvalue weighted by atomic mass is 19.1. The quantitative estimate of drug-likeness (QED) is 0.748. The van der Waals surface area contributed by atoms with E-state index >= 15 is 0 Å². The van der Waals surface area contributed by atoms with Gasteiger partial charge in [0.1, 0.15) is 5.82 Å². The summed E-state index contributed by atoms with van der Waals surface area (Å²) in [6.07, 6.45) is 0. The molecular weight excluding hydrogens is 195 g/mol. The lowest BCUT2D eigenvalue weighted by molar-refractivity contribution is -0.120. The number of rotatable bonds is 1. The van der Waals surface area contributed by atoms with E-state index in [-0.39, 0.29) is 18.3 Å². The van der Waals surface area contributed by atoms with Gasteiger partial charge in [0.15, 0.2) is 0 Å². The molecule has 1 saturated heterocycles. The molecule has 1 N–H and O–H groups in total. The third kappa shape index (κ3) is 2.09. The minimum Gasteiger partial charge on any atom is -0.358 e. The SMILES string of the molecule is Cc1ccc(N2CCNC(=O)C2)c(F)c1. The van der Waals surface area contributed by atoms with Crippen LogP contribution in [0.25, 0.3) is 0 Å². The van der Waals surface area contributed by atoms with Crippen molar-refractivity contribution in [2.75, 3.05) is 24.5 Å². The van der Waals surface area contributed by atoms with Crippen molar-refractivity contribution in [3.8, 4) is 0 Å². The molecule has 1 amide bonds. The monoisotopic (exact) mass is 208 g/mol. The number of aryl methyl sites for hydroxylation is 1. The second kappa shape index (κ2) is 3.88. The number of amides is 1. The molecule has 1 fully saturated rings. The molecule has 1 aliphatic rings. The standard InChI is InChI=1S/C11H13FN2O/c1-8-2-3-10(9(12)6-8)14-5-4-13-11(15)7-14/h2-3,6H,4-5,7H2,1H3,(H,13,15). The third-order valence-electron chi connectivity index (χ3n) is 2.48. The number of benzene rings is 1. The number of hydrogen-bond acceptors (Lipinski definition) is 2. The highest BCUT2D eigenvalue weighted by Gasteiger charge is 2.18. The van der Waals surface area contributed by atoms with Crippen molar-refractivity contribution in [3.05, 3.63) is 29.6 Å². The Balaban J connectivity index is 2.24. The van der Waals surface area contributed by atoms with Crippen molar-refractivity contribution in [1.29, 1.82) is 0 Å². The molecule has 1 aromatic carbocycles. The molecular formula is C11H13FN2O. The summed E-state index contributed by atoms with van der Waals surface area (Å²) in [6.45, 7) is 3.31. The first kappa shape index (κ1) is 9.96. The molecule has 1 aliphatic heterocycles. The lowest BCUT2D eigenvalue weighted by Gasteiger charge is -2.28. The Morgan fingerprint density at radius 2 is 2.27 bits per heavy atom.